The van der Waals surface area contributed by atoms with Gasteiger partial charge in [-0.05, 0) is 34.6 Å². The first kappa shape index (κ1) is 22.5. The van der Waals surface area contributed by atoms with Gasteiger partial charge >= 0.3 is 0 Å². The summed E-state index contributed by atoms with van der Waals surface area (Å²) in [6, 6.07) is 14.5. The average Bonchev–Trinajstić information content (AvgIpc) is 3.35. The van der Waals surface area contributed by atoms with Crippen LogP contribution in [0.15, 0.2) is 57.7 Å². The van der Waals surface area contributed by atoms with Gasteiger partial charge in [0.25, 0.3) is 5.91 Å². The minimum absolute atomic E-state index is 0.0121. The summed E-state index contributed by atoms with van der Waals surface area (Å²) >= 11 is 1.39. The van der Waals surface area contributed by atoms with E-state index in [1.807, 2.05) is 12.1 Å². The van der Waals surface area contributed by atoms with Crippen molar-refractivity contribution in [1.29, 1.82) is 0 Å². The summed E-state index contributed by atoms with van der Waals surface area (Å²) in [7, 11) is 0. The highest BCUT2D eigenvalue weighted by Gasteiger charge is 2.45. The molecule has 7 heteroatoms. The van der Waals surface area contributed by atoms with Crippen molar-refractivity contribution >= 4 is 33.3 Å². The lowest BCUT2D eigenvalue weighted by molar-refractivity contribution is 0.0970. The molecule has 1 aliphatic rings. The van der Waals surface area contributed by atoms with Crippen molar-refractivity contribution in [3.63, 3.8) is 0 Å². The summed E-state index contributed by atoms with van der Waals surface area (Å²) in [6.45, 7) is 10.7. The van der Waals surface area contributed by atoms with E-state index in [4.69, 9.17) is 4.42 Å². The summed E-state index contributed by atoms with van der Waals surface area (Å²) < 4.78 is 6.02. The van der Waals surface area contributed by atoms with E-state index in [9.17, 15) is 9.59 Å². The molecule has 0 aliphatic carbocycles. The molecule has 1 aliphatic heterocycles. The number of nitrogens with zero attached hydrogens (tertiary/aromatic N) is 3. The second kappa shape index (κ2) is 8.17. The number of fused-ring (bicyclic) bond motifs is 2. The first-order valence-corrected chi connectivity index (χ1v) is 12.3. The lowest BCUT2D eigenvalue weighted by Crippen LogP contribution is -2.29. The maximum absolute atomic E-state index is 13.7. The van der Waals surface area contributed by atoms with Gasteiger partial charge < -0.3 is 4.42 Å². The van der Waals surface area contributed by atoms with E-state index < -0.39 is 6.04 Å². The van der Waals surface area contributed by atoms with Crippen LogP contribution in [0.4, 0.5) is 5.13 Å². The number of hydrogen-bond donors (Lipinski definition) is 0. The quantitative estimate of drug-likeness (QED) is 0.369. The van der Waals surface area contributed by atoms with Gasteiger partial charge in [-0.15, -0.1) is 10.2 Å². The third kappa shape index (κ3) is 3.74. The number of rotatable bonds is 4. The van der Waals surface area contributed by atoms with Gasteiger partial charge in [-0.3, -0.25) is 14.5 Å². The fraction of sp³-hybridized carbons (Fsp3) is 0.333. The highest BCUT2D eigenvalue weighted by atomic mass is 32.1. The maximum Gasteiger partial charge on any atom is 0.297 e. The molecular weight excluding hydrogens is 446 g/mol. The molecule has 0 spiro atoms. The average molecular weight is 474 g/mol. The van der Waals surface area contributed by atoms with Crippen LogP contribution < -0.4 is 10.3 Å². The fourth-order valence-electron chi connectivity index (χ4n) is 4.37. The van der Waals surface area contributed by atoms with Crippen molar-refractivity contribution in [2.24, 2.45) is 5.92 Å². The molecule has 0 fully saturated rings. The van der Waals surface area contributed by atoms with Crippen molar-refractivity contribution in [1.82, 2.24) is 10.2 Å². The Labute approximate surface area is 202 Å². The van der Waals surface area contributed by atoms with Gasteiger partial charge in [0.15, 0.2) is 5.43 Å². The van der Waals surface area contributed by atoms with E-state index in [1.165, 1.54) is 16.9 Å². The number of amides is 1. The minimum atomic E-state index is -0.628. The maximum atomic E-state index is 13.7. The smallest absolute Gasteiger partial charge is 0.297 e. The van der Waals surface area contributed by atoms with Gasteiger partial charge in [0.2, 0.25) is 10.9 Å². The monoisotopic (exact) mass is 473 g/mol. The van der Waals surface area contributed by atoms with E-state index in [-0.39, 0.29) is 22.5 Å². The van der Waals surface area contributed by atoms with Crippen LogP contribution in [0.2, 0.25) is 0 Å². The molecule has 0 N–H and O–H groups in total. The van der Waals surface area contributed by atoms with Crippen molar-refractivity contribution < 1.29 is 9.21 Å². The molecule has 6 nitrogen and oxygen atoms in total. The number of benzene rings is 2. The zero-order valence-electron chi connectivity index (χ0n) is 20.0. The molecule has 2 aromatic carbocycles. The Morgan fingerprint density at radius 3 is 2.41 bits per heavy atom. The summed E-state index contributed by atoms with van der Waals surface area (Å²) in [6.07, 6.45) is 0.776. The van der Waals surface area contributed by atoms with E-state index in [1.54, 1.807) is 29.2 Å². The summed E-state index contributed by atoms with van der Waals surface area (Å²) in [5.41, 5.74) is 2.57. The predicted octanol–water partition coefficient (Wildman–Crippen LogP) is 5.89. The van der Waals surface area contributed by atoms with Gasteiger partial charge in [0.1, 0.15) is 10.6 Å². The molecule has 0 saturated carbocycles. The fourth-order valence-corrected chi connectivity index (χ4v) is 5.45. The Morgan fingerprint density at radius 1 is 1.03 bits per heavy atom. The molecule has 1 amide bonds. The number of carbonyl (C=O) groups is 1. The summed E-state index contributed by atoms with van der Waals surface area (Å²) in [4.78, 5) is 28.9. The Morgan fingerprint density at radius 2 is 1.74 bits per heavy atom. The van der Waals surface area contributed by atoms with Gasteiger partial charge in [-0.25, -0.2) is 0 Å². The number of carbonyl (C=O) groups excluding carboxylic acids is 1. The van der Waals surface area contributed by atoms with Crippen molar-refractivity contribution in [2.45, 2.75) is 52.5 Å². The lowest BCUT2D eigenvalue weighted by atomic mass is 9.86. The van der Waals surface area contributed by atoms with Crippen LogP contribution in [0.3, 0.4) is 0 Å². The Hall–Kier alpha value is -3.32. The third-order valence-electron chi connectivity index (χ3n) is 6.12. The third-order valence-corrected chi connectivity index (χ3v) is 7.06. The Balaban J connectivity index is 1.71. The molecule has 0 unspecified atom stereocenters. The molecule has 3 heterocycles. The SMILES string of the molecule is CC(C)Cc1nnc(N2C(=O)c3oc4ccccc4c(=O)c3[C@H]2c2ccc(C(C)(C)C)cc2)s1. The number of hydrogen-bond acceptors (Lipinski definition) is 6. The second-order valence-corrected chi connectivity index (χ2v) is 11.2. The first-order chi connectivity index (χ1) is 16.1. The van der Waals surface area contributed by atoms with E-state index in [2.05, 4.69) is 56.9 Å². The van der Waals surface area contributed by atoms with Gasteiger partial charge in [0, 0.05) is 6.42 Å². The predicted molar refractivity (Wildman–Crippen MR) is 135 cm³/mol. The second-order valence-electron chi connectivity index (χ2n) is 10.2. The van der Waals surface area contributed by atoms with Crippen LogP contribution in [0, 0.1) is 5.92 Å². The molecule has 34 heavy (non-hydrogen) atoms. The molecule has 4 aromatic rings. The first-order valence-electron chi connectivity index (χ1n) is 11.5. The van der Waals surface area contributed by atoms with Crippen molar-refractivity contribution in [3.05, 3.63) is 86.2 Å². The van der Waals surface area contributed by atoms with Crippen LogP contribution in [-0.4, -0.2) is 16.1 Å². The lowest BCUT2D eigenvalue weighted by Gasteiger charge is -2.24. The van der Waals surface area contributed by atoms with Crippen LogP contribution in [-0.2, 0) is 11.8 Å². The zero-order chi connectivity index (χ0) is 24.2. The van der Waals surface area contributed by atoms with E-state index in [0.717, 1.165) is 17.0 Å². The molecule has 174 valence electrons. The highest BCUT2D eigenvalue weighted by molar-refractivity contribution is 7.15. The molecule has 5 rings (SSSR count). The Bertz CT molecular complexity index is 1440. The van der Waals surface area contributed by atoms with Gasteiger partial charge in [-0.2, -0.15) is 0 Å². The summed E-state index contributed by atoms with van der Waals surface area (Å²) in [5.74, 6) is 0.130. The number of para-hydroxylation sites is 1. The molecule has 0 radical (unpaired) electrons. The molecular formula is C27H27N3O3S. The molecule has 1 atom stereocenters. The van der Waals surface area contributed by atoms with E-state index >= 15 is 0 Å². The zero-order valence-corrected chi connectivity index (χ0v) is 20.8. The Kier molecular flexibility index (Phi) is 5.40. The number of aromatic nitrogens is 2. The standard InChI is InChI=1S/C27H27N3O3S/c1-15(2)14-20-28-29-26(34-20)30-22(16-10-12-17(13-11-16)27(3,4)5)21-23(31)18-8-6-7-9-19(18)33-24(21)25(30)32/h6-13,15,22H,14H2,1-5H3/t22-/m1/s1. The van der Waals surface area contributed by atoms with E-state index in [0.29, 0.717) is 27.6 Å². The molecule has 0 bridgehead atoms. The van der Waals surface area contributed by atoms with Crippen LogP contribution in [0.25, 0.3) is 11.0 Å². The van der Waals surface area contributed by atoms with Gasteiger partial charge in [-0.1, -0.05) is 82.4 Å². The van der Waals surface area contributed by atoms with Crippen LogP contribution >= 0.6 is 11.3 Å². The molecule has 0 saturated heterocycles. The van der Waals surface area contributed by atoms with Crippen LogP contribution in [0.1, 0.15) is 72.9 Å². The highest BCUT2D eigenvalue weighted by Crippen LogP contribution is 2.42. The summed E-state index contributed by atoms with van der Waals surface area (Å²) in [5, 5.41) is 10.5. The van der Waals surface area contributed by atoms with Crippen molar-refractivity contribution in [2.75, 3.05) is 4.90 Å². The van der Waals surface area contributed by atoms with Crippen LogP contribution in [0.5, 0.6) is 0 Å². The van der Waals surface area contributed by atoms with Gasteiger partial charge in [0.05, 0.1) is 17.0 Å². The largest absolute Gasteiger partial charge is 0.450 e. The minimum Gasteiger partial charge on any atom is -0.450 e. The van der Waals surface area contributed by atoms with Crippen molar-refractivity contribution in [3.8, 4) is 0 Å². The topological polar surface area (TPSA) is 76.3 Å². The number of anilines is 1. The normalized spacial score (nSPS) is 16.0. The molecule has 2 aromatic heterocycles.